The molecule has 0 spiro atoms. The Balaban J connectivity index is 1.73. The summed E-state index contributed by atoms with van der Waals surface area (Å²) in [5, 5.41) is 2.73. The highest BCUT2D eigenvalue weighted by molar-refractivity contribution is 5.90. The number of aryl methyl sites for hydroxylation is 1. The van der Waals surface area contributed by atoms with Crippen molar-refractivity contribution in [3.63, 3.8) is 0 Å². The van der Waals surface area contributed by atoms with Crippen molar-refractivity contribution in [2.45, 2.75) is 25.7 Å². The van der Waals surface area contributed by atoms with Gasteiger partial charge in [0.1, 0.15) is 17.4 Å². The molecular weight excluding hydrogens is 324 g/mol. The lowest BCUT2D eigenvalue weighted by atomic mass is 9.84. The molecule has 5 heteroatoms. The van der Waals surface area contributed by atoms with Gasteiger partial charge in [0.05, 0.1) is 5.92 Å². The molecule has 0 unspecified atom stereocenters. The molecule has 1 heterocycles. The Morgan fingerprint density at radius 3 is 2.56 bits per heavy atom. The Morgan fingerprint density at radius 1 is 1.16 bits per heavy atom. The van der Waals surface area contributed by atoms with E-state index in [-0.39, 0.29) is 42.1 Å². The Hall–Kier alpha value is -2.56. The van der Waals surface area contributed by atoms with Crippen LogP contribution in [0.25, 0.3) is 0 Å². The highest BCUT2D eigenvalue weighted by Crippen LogP contribution is 2.33. The van der Waals surface area contributed by atoms with Gasteiger partial charge in [-0.05, 0) is 41.8 Å². The minimum absolute atomic E-state index is 0.0429. The molecule has 25 heavy (non-hydrogen) atoms. The molecule has 1 saturated heterocycles. The molecule has 1 N–H and O–H groups in total. The first kappa shape index (κ1) is 17.3. The van der Waals surface area contributed by atoms with Crippen LogP contribution in [-0.2, 0) is 16.0 Å². The van der Waals surface area contributed by atoms with Crippen LogP contribution in [0, 0.1) is 24.5 Å². The smallest absolute Gasteiger partial charge is 0.224 e. The number of hydrogen-bond acceptors (Lipinski definition) is 2. The van der Waals surface area contributed by atoms with Gasteiger partial charge >= 0.3 is 0 Å². The molecule has 1 aliphatic rings. The normalized spacial score (nSPS) is 19.7. The minimum Gasteiger partial charge on any atom is -0.355 e. The van der Waals surface area contributed by atoms with Gasteiger partial charge in [-0.2, -0.15) is 0 Å². The number of benzene rings is 2. The second-order valence-electron chi connectivity index (χ2n) is 6.53. The average Bonchev–Trinajstić information content (AvgIpc) is 2.91. The first-order valence-corrected chi connectivity index (χ1v) is 8.24. The van der Waals surface area contributed by atoms with Crippen LogP contribution >= 0.6 is 0 Å². The fraction of sp³-hybridized carbons (Fsp3) is 0.300. The van der Waals surface area contributed by atoms with Crippen molar-refractivity contribution in [2.75, 3.05) is 6.54 Å². The molecule has 2 atom stereocenters. The van der Waals surface area contributed by atoms with Gasteiger partial charge < -0.3 is 5.32 Å². The van der Waals surface area contributed by atoms with E-state index in [9.17, 15) is 18.4 Å². The van der Waals surface area contributed by atoms with Crippen LogP contribution in [0.15, 0.2) is 42.5 Å². The lowest BCUT2D eigenvalue weighted by molar-refractivity contribution is -0.127. The first-order valence-electron chi connectivity index (χ1n) is 8.24. The van der Waals surface area contributed by atoms with Crippen LogP contribution < -0.4 is 5.32 Å². The van der Waals surface area contributed by atoms with E-state index >= 15 is 0 Å². The molecule has 0 aliphatic carbocycles. The second-order valence-corrected chi connectivity index (χ2v) is 6.53. The maximum absolute atomic E-state index is 14.3. The van der Waals surface area contributed by atoms with Crippen molar-refractivity contribution in [1.82, 2.24) is 5.32 Å². The van der Waals surface area contributed by atoms with E-state index in [4.69, 9.17) is 0 Å². The summed E-state index contributed by atoms with van der Waals surface area (Å²) in [5.41, 5.74) is 1.97. The summed E-state index contributed by atoms with van der Waals surface area (Å²) in [4.78, 5) is 24.5. The monoisotopic (exact) mass is 343 g/mol. The zero-order chi connectivity index (χ0) is 18.0. The summed E-state index contributed by atoms with van der Waals surface area (Å²) in [6.45, 7) is 2.13. The number of ketones is 1. The van der Waals surface area contributed by atoms with Crippen LogP contribution in [-0.4, -0.2) is 18.2 Å². The molecule has 0 saturated carbocycles. The van der Waals surface area contributed by atoms with Crippen molar-refractivity contribution in [3.05, 3.63) is 70.8 Å². The van der Waals surface area contributed by atoms with Crippen molar-refractivity contribution >= 4 is 11.7 Å². The SMILES string of the molecule is Cc1ccc([C@@H]2CNC(=O)[C@H]2CC(=O)Cc2ccc(F)cc2)c(F)c1. The fourth-order valence-corrected chi connectivity index (χ4v) is 3.31. The van der Waals surface area contributed by atoms with Gasteiger partial charge in [-0.3, -0.25) is 9.59 Å². The Kier molecular flexibility index (Phi) is 4.93. The number of halogens is 2. The summed E-state index contributed by atoms with van der Waals surface area (Å²) >= 11 is 0. The maximum Gasteiger partial charge on any atom is 0.224 e. The predicted octanol–water partition coefficient (Wildman–Crippen LogP) is 3.30. The third-order valence-electron chi connectivity index (χ3n) is 4.64. The molecule has 1 aliphatic heterocycles. The molecule has 3 rings (SSSR count). The molecule has 3 nitrogen and oxygen atoms in total. The number of amides is 1. The second kappa shape index (κ2) is 7.13. The number of carbonyl (C=O) groups is 2. The average molecular weight is 343 g/mol. The van der Waals surface area contributed by atoms with Crippen LogP contribution in [0.1, 0.15) is 29.0 Å². The summed E-state index contributed by atoms with van der Waals surface area (Å²) in [6, 6.07) is 10.6. The highest BCUT2D eigenvalue weighted by atomic mass is 19.1. The highest BCUT2D eigenvalue weighted by Gasteiger charge is 2.38. The van der Waals surface area contributed by atoms with E-state index < -0.39 is 5.92 Å². The molecule has 1 fully saturated rings. The largest absolute Gasteiger partial charge is 0.355 e. The maximum atomic E-state index is 14.3. The molecule has 0 bridgehead atoms. The van der Waals surface area contributed by atoms with Crippen molar-refractivity contribution in [2.24, 2.45) is 5.92 Å². The summed E-state index contributed by atoms with van der Waals surface area (Å²) in [7, 11) is 0. The third kappa shape index (κ3) is 3.92. The van der Waals surface area contributed by atoms with Gasteiger partial charge in [0.25, 0.3) is 0 Å². The standard InChI is InChI=1S/C20H19F2NO2/c1-12-2-7-16(19(22)8-12)18-11-23-20(25)17(18)10-15(24)9-13-3-5-14(21)6-4-13/h2-8,17-18H,9-11H2,1H3,(H,23,25)/t17-,18-/m0/s1. The molecule has 0 radical (unpaired) electrons. The van der Waals surface area contributed by atoms with Crippen molar-refractivity contribution in [3.8, 4) is 0 Å². The molecule has 0 aromatic heterocycles. The van der Waals surface area contributed by atoms with Crippen LogP contribution in [0.2, 0.25) is 0 Å². The zero-order valence-electron chi connectivity index (χ0n) is 13.9. The van der Waals surface area contributed by atoms with E-state index in [1.165, 1.54) is 18.2 Å². The summed E-state index contributed by atoms with van der Waals surface area (Å²) in [6.07, 6.45) is 0.175. The van der Waals surface area contributed by atoms with Gasteiger partial charge in [0, 0.05) is 25.3 Å². The first-order chi connectivity index (χ1) is 11.9. The van der Waals surface area contributed by atoms with Crippen LogP contribution in [0.5, 0.6) is 0 Å². The number of carbonyl (C=O) groups excluding carboxylic acids is 2. The fourth-order valence-electron chi connectivity index (χ4n) is 3.31. The number of hydrogen-bond donors (Lipinski definition) is 1. The Morgan fingerprint density at radius 2 is 1.88 bits per heavy atom. The van der Waals surface area contributed by atoms with E-state index in [2.05, 4.69) is 5.32 Å². The number of rotatable bonds is 5. The summed E-state index contributed by atoms with van der Waals surface area (Å²) < 4.78 is 27.2. The van der Waals surface area contributed by atoms with Crippen LogP contribution in [0.3, 0.4) is 0 Å². The van der Waals surface area contributed by atoms with E-state index in [1.54, 1.807) is 31.2 Å². The molecular formula is C20H19F2NO2. The van der Waals surface area contributed by atoms with Crippen molar-refractivity contribution in [1.29, 1.82) is 0 Å². The number of Topliss-reactive ketones (excluding diaryl/α,β-unsaturated/α-hetero) is 1. The molecule has 130 valence electrons. The number of nitrogens with one attached hydrogen (secondary N) is 1. The minimum atomic E-state index is -0.579. The van der Waals surface area contributed by atoms with Gasteiger partial charge in [-0.15, -0.1) is 0 Å². The Labute approximate surface area is 145 Å². The predicted molar refractivity (Wildman–Crippen MR) is 90.1 cm³/mol. The zero-order valence-corrected chi connectivity index (χ0v) is 13.9. The lowest BCUT2D eigenvalue weighted by Gasteiger charge is -2.17. The van der Waals surface area contributed by atoms with Gasteiger partial charge in [-0.1, -0.05) is 24.3 Å². The summed E-state index contributed by atoms with van der Waals surface area (Å²) in [5.74, 6) is -1.99. The van der Waals surface area contributed by atoms with Crippen LogP contribution in [0.4, 0.5) is 8.78 Å². The van der Waals surface area contributed by atoms with E-state index in [0.29, 0.717) is 17.7 Å². The van der Waals surface area contributed by atoms with Gasteiger partial charge in [0.15, 0.2) is 0 Å². The van der Waals surface area contributed by atoms with E-state index in [0.717, 1.165) is 5.56 Å². The lowest BCUT2D eigenvalue weighted by Crippen LogP contribution is -2.23. The molecule has 2 aromatic rings. The van der Waals surface area contributed by atoms with Crippen molar-refractivity contribution < 1.29 is 18.4 Å². The molecule has 1 amide bonds. The van der Waals surface area contributed by atoms with E-state index in [1.807, 2.05) is 0 Å². The Bertz CT molecular complexity index is 802. The van der Waals surface area contributed by atoms with Gasteiger partial charge in [-0.25, -0.2) is 8.78 Å². The third-order valence-corrected chi connectivity index (χ3v) is 4.64. The molecule has 2 aromatic carbocycles. The van der Waals surface area contributed by atoms with Gasteiger partial charge in [0.2, 0.25) is 5.91 Å². The quantitative estimate of drug-likeness (QED) is 0.905. The topological polar surface area (TPSA) is 46.2 Å².